The van der Waals surface area contributed by atoms with Crippen LogP contribution in [0, 0.1) is 5.92 Å². The van der Waals surface area contributed by atoms with Crippen molar-refractivity contribution in [2.24, 2.45) is 5.92 Å². The third-order valence-electron chi connectivity index (χ3n) is 6.32. The van der Waals surface area contributed by atoms with Gasteiger partial charge >= 0.3 is 5.97 Å². The third kappa shape index (κ3) is 3.84. The van der Waals surface area contributed by atoms with Gasteiger partial charge < -0.3 is 28.4 Å². The number of carbonyl (C=O) groups is 1. The van der Waals surface area contributed by atoms with Gasteiger partial charge in [-0.25, -0.2) is 0 Å². The van der Waals surface area contributed by atoms with Gasteiger partial charge in [-0.2, -0.15) is 0 Å². The highest BCUT2D eigenvalue weighted by molar-refractivity contribution is 8.20. The number of benzene rings is 2. The first-order chi connectivity index (χ1) is 16.6. The molecule has 0 radical (unpaired) electrons. The van der Waals surface area contributed by atoms with Crippen LogP contribution in [0.25, 0.3) is 6.08 Å². The number of methoxy groups -OCH3 is 4. The molecule has 2 aromatic carbocycles. The van der Waals surface area contributed by atoms with Crippen LogP contribution < -0.4 is 23.7 Å². The monoisotopic (exact) mass is 502 g/mol. The highest BCUT2D eigenvalue weighted by atomic mass is 32.2. The van der Waals surface area contributed by atoms with Crippen LogP contribution in [0.5, 0.6) is 28.7 Å². The summed E-state index contributed by atoms with van der Waals surface area (Å²) >= 11 is 3.72. The second-order valence-electron chi connectivity index (χ2n) is 7.99. The zero-order chi connectivity index (χ0) is 23.8. The summed E-state index contributed by atoms with van der Waals surface area (Å²) in [7, 11) is 6.19. The van der Waals surface area contributed by atoms with Crippen LogP contribution in [-0.2, 0) is 9.53 Å². The van der Waals surface area contributed by atoms with E-state index in [1.807, 2.05) is 47.8 Å². The molecule has 7 nitrogen and oxygen atoms in total. The Kier molecular flexibility index (Phi) is 6.48. The van der Waals surface area contributed by atoms with E-state index in [4.69, 9.17) is 28.4 Å². The SMILES string of the molecule is COC(=O)[C@@H]1C(C2SCCS2)=Cc2cc3c(cc2[C@H]1c1cc(OC)c(OC)c(OC)c1)OCO3. The van der Waals surface area contributed by atoms with Gasteiger partial charge in [0.25, 0.3) is 0 Å². The molecule has 3 aliphatic rings. The molecule has 1 aliphatic carbocycles. The number of thioether (sulfide) groups is 2. The van der Waals surface area contributed by atoms with Crippen LogP contribution in [0.15, 0.2) is 29.8 Å². The normalized spacial score (nSPS) is 21.0. The fraction of sp³-hybridized carbons (Fsp3) is 0.400. The summed E-state index contributed by atoms with van der Waals surface area (Å²) in [4.78, 5) is 13.4. The summed E-state index contributed by atoms with van der Waals surface area (Å²) in [5.74, 6) is 3.90. The molecular formula is C25H26O7S2. The fourth-order valence-electron chi connectivity index (χ4n) is 4.83. The van der Waals surface area contributed by atoms with E-state index in [1.54, 1.807) is 21.3 Å². The molecule has 0 amide bonds. The van der Waals surface area contributed by atoms with E-state index < -0.39 is 5.92 Å². The van der Waals surface area contributed by atoms with Crippen molar-refractivity contribution in [3.63, 3.8) is 0 Å². The Bertz CT molecular complexity index is 1120. The third-order valence-corrected chi connectivity index (χ3v) is 9.43. The molecule has 9 heteroatoms. The van der Waals surface area contributed by atoms with E-state index in [9.17, 15) is 4.79 Å². The minimum absolute atomic E-state index is 0.173. The smallest absolute Gasteiger partial charge is 0.313 e. The van der Waals surface area contributed by atoms with E-state index >= 15 is 0 Å². The molecule has 0 bridgehead atoms. The predicted octanol–water partition coefficient (Wildman–Crippen LogP) is 4.57. The number of fused-ring (bicyclic) bond motifs is 2. The van der Waals surface area contributed by atoms with Gasteiger partial charge in [0.1, 0.15) is 0 Å². The van der Waals surface area contributed by atoms with Crippen molar-refractivity contribution in [2.45, 2.75) is 10.5 Å². The molecule has 0 unspecified atom stereocenters. The average Bonchev–Trinajstić information content (AvgIpc) is 3.56. The molecule has 0 N–H and O–H groups in total. The molecule has 1 saturated heterocycles. The summed E-state index contributed by atoms with van der Waals surface area (Å²) in [6.45, 7) is 0.179. The number of ether oxygens (including phenoxy) is 6. The maximum atomic E-state index is 13.4. The zero-order valence-corrected chi connectivity index (χ0v) is 21.0. The fourth-order valence-corrected chi connectivity index (χ4v) is 7.80. The summed E-state index contributed by atoms with van der Waals surface area (Å²) < 4.78 is 33.7. The van der Waals surface area contributed by atoms with Crippen LogP contribution in [0.3, 0.4) is 0 Å². The first-order valence-electron chi connectivity index (χ1n) is 10.9. The largest absolute Gasteiger partial charge is 0.493 e. The predicted molar refractivity (Wildman–Crippen MR) is 133 cm³/mol. The standard InChI is InChI=1S/C25H26O7S2/c1-27-19-9-14(10-20(28-2)23(19)29-3)21-15-11-18-17(31-12-32-18)8-13(15)7-16(22(21)24(26)30-4)25-33-5-6-34-25/h7-11,21-22,25H,5-6,12H2,1-4H3/t21-,22-/m1/s1. The van der Waals surface area contributed by atoms with Crippen molar-refractivity contribution in [2.75, 3.05) is 46.7 Å². The molecule has 2 atom stereocenters. The molecule has 5 rings (SSSR count). The van der Waals surface area contributed by atoms with Gasteiger partial charge in [0, 0.05) is 17.4 Å². The van der Waals surface area contributed by atoms with Crippen molar-refractivity contribution >= 4 is 35.6 Å². The lowest BCUT2D eigenvalue weighted by atomic mass is 9.71. The van der Waals surface area contributed by atoms with Gasteiger partial charge in [-0.3, -0.25) is 4.79 Å². The van der Waals surface area contributed by atoms with E-state index in [2.05, 4.69) is 6.08 Å². The Labute approximate surface area is 207 Å². The van der Waals surface area contributed by atoms with Gasteiger partial charge in [0.2, 0.25) is 12.5 Å². The van der Waals surface area contributed by atoms with Crippen LogP contribution in [-0.4, -0.2) is 57.3 Å². The van der Waals surface area contributed by atoms with E-state index in [-0.39, 0.29) is 23.3 Å². The Morgan fingerprint density at radius 2 is 1.56 bits per heavy atom. The van der Waals surface area contributed by atoms with Crippen molar-refractivity contribution in [3.05, 3.63) is 46.5 Å². The second-order valence-corrected chi connectivity index (χ2v) is 10.7. The van der Waals surface area contributed by atoms with Gasteiger partial charge in [0.15, 0.2) is 23.0 Å². The van der Waals surface area contributed by atoms with Crippen LogP contribution in [0.1, 0.15) is 22.6 Å². The molecule has 0 aromatic heterocycles. The van der Waals surface area contributed by atoms with Crippen LogP contribution >= 0.6 is 23.5 Å². The lowest BCUT2D eigenvalue weighted by molar-refractivity contribution is -0.144. The number of esters is 1. The van der Waals surface area contributed by atoms with Crippen LogP contribution in [0.4, 0.5) is 0 Å². The molecule has 2 aliphatic heterocycles. The molecule has 0 saturated carbocycles. The van der Waals surface area contributed by atoms with Gasteiger partial charge in [0.05, 0.1) is 38.9 Å². The minimum atomic E-state index is -0.510. The molecule has 180 valence electrons. The topological polar surface area (TPSA) is 72.5 Å². The van der Waals surface area contributed by atoms with Gasteiger partial charge in [-0.15, -0.1) is 23.5 Å². The van der Waals surface area contributed by atoms with Gasteiger partial charge in [-0.05, 0) is 46.5 Å². The second kappa shape index (κ2) is 9.54. The average molecular weight is 503 g/mol. The van der Waals surface area contributed by atoms with Crippen molar-refractivity contribution in [1.29, 1.82) is 0 Å². The van der Waals surface area contributed by atoms with E-state index in [1.165, 1.54) is 7.11 Å². The quantitative estimate of drug-likeness (QED) is 0.529. The Balaban J connectivity index is 1.75. The Hall–Kier alpha value is -2.65. The van der Waals surface area contributed by atoms with E-state index in [0.717, 1.165) is 33.8 Å². The first kappa shape index (κ1) is 23.1. The maximum absolute atomic E-state index is 13.4. The van der Waals surface area contributed by atoms with E-state index in [0.29, 0.717) is 28.7 Å². The molecule has 2 aromatic rings. The molecule has 0 spiro atoms. The Morgan fingerprint density at radius 1 is 0.912 bits per heavy atom. The molecule has 34 heavy (non-hydrogen) atoms. The zero-order valence-electron chi connectivity index (χ0n) is 19.4. The lowest BCUT2D eigenvalue weighted by Gasteiger charge is -2.35. The lowest BCUT2D eigenvalue weighted by Crippen LogP contribution is -2.32. The molecule has 2 heterocycles. The van der Waals surface area contributed by atoms with Crippen LogP contribution in [0.2, 0.25) is 0 Å². The molecule has 1 fully saturated rings. The summed E-state index contributed by atoms with van der Waals surface area (Å²) in [6, 6.07) is 7.80. The van der Waals surface area contributed by atoms with Gasteiger partial charge in [-0.1, -0.05) is 6.08 Å². The summed E-state index contributed by atoms with van der Waals surface area (Å²) in [5.41, 5.74) is 3.88. The minimum Gasteiger partial charge on any atom is -0.493 e. The maximum Gasteiger partial charge on any atom is 0.313 e. The van der Waals surface area contributed by atoms with Crippen molar-refractivity contribution < 1.29 is 33.2 Å². The number of carbonyl (C=O) groups excluding carboxylic acids is 1. The number of rotatable bonds is 6. The van der Waals surface area contributed by atoms with Crippen molar-refractivity contribution in [1.82, 2.24) is 0 Å². The number of hydrogen-bond donors (Lipinski definition) is 0. The highest BCUT2D eigenvalue weighted by Crippen LogP contribution is 2.54. The summed E-state index contributed by atoms with van der Waals surface area (Å²) in [5, 5.41) is 0. The van der Waals surface area contributed by atoms with Crippen molar-refractivity contribution in [3.8, 4) is 28.7 Å². The number of hydrogen-bond acceptors (Lipinski definition) is 9. The highest BCUT2D eigenvalue weighted by Gasteiger charge is 2.43. The first-order valence-corrected chi connectivity index (χ1v) is 12.9. The molecular weight excluding hydrogens is 476 g/mol. The summed E-state index contributed by atoms with van der Waals surface area (Å²) in [6.07, 6.45) is 2.13. The Morgan fingerprint density at radius 3 is 2.15 bits per heavy atom.